The van der Waals surface area contributed by atoms with Crippen molar-refractivity contribution in [2.75, 3.05) is 13.2 Å². The monoisotopic (exact) mass is 245 g/mol. The summed E-state index contributed by atoms with van der Waals surface area (Å²) in [5.74, 6) is 0.915. The van der Waals surface area contributed by atoms with E-state index in [1.807, 2.05) is 47.3 Å². The molecular formula is C14H19N3O. The van der Waals surface area contributed by atoms with Crippen LogP contribution in [0.1, 0.15) is 12.6 Å². The molecule has 0 amide bonds. The van der Waals surface area contributed by atoms with Crippen LogP contribution >= 0.6 is 0 Å². The van der Waals surface area contributed by atoms with Crippen molar-refractivity contribution in [2.45, 2.75) is 20.0 Å². The van der Waals surface area contributed by atoms with E-state index in [-0.39, 0.29) is 0 Å². The Bertz CT molecular complexity index is 453. The highest BCUT2D eigenvalue weighted by Gasteiger charge is 1.99. The first kappa shape index (κ1) is 12.6. The van der Waals surface area contributed by atoms with Gasteiger partial charge in [0.25, 0.3) is 0 Å². The number of rotatable bonds is 7. The lowest BCUT2D eigenvalue weighted by Crippen LogP contribution is -2.22. The summed E-state index contributed by atoms with van der Waals surface area (Å²) in [4.78, 5) is 0. The van der Waals surface area contributed by atoms with Crippen LogP contribution in [0.15, 0.2) is 42.6 Å². The van der Waals surface area contributed by atoms with Crippen molar-refractivity contribution in [3.8, 4) is 5.75 Å². The van der Waals surface area contributed by atoms with Gasteiger partial charge in [0.15, 0.2) is 0 Å². The van der Waals surface area contributed by atoms with Crippen LogP contribution in [0.3, 0.4) is 0 Å². The first-order chi connectivity index (χ1) is 8.90. The Morgan fingerprint density at radius 2 is 2.06 bits per heavy atom. The summed E-state index contributed by atoms with van der Waals surface area (Å²) in [5, 5.41) is 7.57. The zero-order chi connectivity index (χ0) is 12.6. The normalized spacial score (nSPS) is 10.5. The second kappa shape index (κ2) is 6.81. The molecule has 4 heteroatoms. The lowest BCUT2D eigenvalue weighted by Gasteiger charge is -2.08. The van der Waals surface area contributed by atoms with Crippen molar-refractivity contribution in [1.29, 1.82) is 0 Å². The Balaban J connectivity index is 1.65. The number of hydrogen-bond donors (Lipinski definition) is 1. The summed E-state index contributed by atoms with van der Waals surface area (Å²) in [7, 11) is 0. The maximum absolute atomic E-state index is 5.60. The van der Waals surface area contributed by atoms with Crippen LogP contribution in [0, 0.1) is 0 Å². The number of aryl methyl sites for hydroxylation is 1. The van der Waals surface area contributed by atoms with Gasteiger partial charge in [-0.15, -0.1) is 0 Å². The summed E-state index contributed by atoms with van der Waals surface area (Å²) < 4.78 is 7.59. The fourth-order valence-electron chi connectivity index (χ4n) is 1.77. The molecule has 96 valence electrons. The Kier molecular flexibility index (Phi) is 4.78. The number of benzene rings is 1. The summed E-state index contributed by atoms with van der Waals surface area (Å²) in [6.07, 6.45) is 1.83. The molecule has 4 nitrogen and oxygen atoms in total. The molecule has 0 bridgehead atoms. The van der Waals surface area contributed by atoms with E-state index in [4.69, 9.17) is 4.74 Å². The summed E-state index contributed by atoms with van der Waals surface area (Å²) >= 11 is 0. The van der Waals surface area contributed by atoms with Crippen molar-refractivity contribution in [3.63, 3.8) is 0 Å². The quantitative estimate of drug-likeness (QED) is 0.759. The van der Waals surface area contributed by atoms with E-state index in [1.54, 1.807) is 0 Å². The van der Waals surface area contributed by atoms with E-state index in [0.29, 0.717) is 6.61 Å². The fraction of sp³-hybridized carbons (Fsp3) is 0.357. The molecule has 0 saturated heterocycles. The number of para-hydroxylation sites is 1. The first-order valence-corrected chi connectivity index (χ1v) is 6.29. The van der Waals surface area contributed by atoms with E-state index in [9.17, 15) is 0 Å². The molecule has 2 aromatic rings. The number of nitrogens with one attached hydrogen (secondary N) is 1. The third-order valence-corrected chi connectivity index (χ3v) is 2.70. The molecular weight excluding hydrogens is 226 g/mol. The Hall–Kier alpha value is -1.81. The lowest BCUT2D eigenvalue weighted by molar-refractivity contribution is 0.313. The highest BCUT2D eigenvalue weighted by molar-refractivity contribution is 5.20. The van der Waals surface area contributed by atoms with Gasteiger partial charge >= 0.3 is 0 Å². The van der Waals surface area contributed by atoms with Crippen LogP contribution < -0.4 is 10.1 Å². The van der Waals surface area contributed by atoms with Gasteiger partial charge in [-0.2, -0.15) is 5.10 Å². The molecule has 0 fully saturated rings. The summed E-state index contributed by atoms with van der Waals surface area (Å²) in [6.45, 7) is 5.32. The Morgan fingerprint density at radius 3 is 2.83 bits per heavy atom. The number of ether oxygens (including phenoxy) is 1. The molecule has 1 heterocycles. The van der Waals surface area contributed by atoms with Gasteiger partial charge in [-0.1, -0.05) is 18.2 Å². The smallest absolute Gasteiger partial charge is 0.119 e. The second-order valence-corrected chi connectivity index (χ2v) is 3.98. The predicted molar refractivity (Wildman–Crippen MR) is 71.5 cm³/mol. The van der Waals surface area contributed by atoms with Gasteiger partial charge in [-0.3, -0.25) is 4.68 Å². The van der Waals surface area contributed by atoms with Crippen LogP contribution in [0.4, 0.5) is 0 Å². The minimum Gasteiger partial charge on any atom is -0.492 e. The average Bonchev–Trinajstić information content (AvgIpc) is 2.87. The number of hydrogen-bond acceptors (Lipinski definition) is 3. The van der Waals surface area contributed by atoms with Crippen LogP contribution in [-0.4, -0.2) is 22.9 Å². The van der Waals surface area contributed by atoms with E-state index in [2.05, 4.69) is 17.3 Å². The van der Waals surface area contributed by atoms with Crippen LogP contribution in [0.25, 0.3) is 0 Å². The zero-order valence-electron chi connectivity index (χ0n) is 10.7. The standard InChI is InChI=1S/C14H19N3O/c1-2-17-13(8-9-16-17)12-15-10-11-18-14-6-4-3-5-7-14/h3-9,15H,2,10-12H2,1H3. The first-order valence-electron chi connectivity index (χ1n) is 6.29. The summed E-state index contributed by atoms with van der Waals surface area (Å²) in [5.41, 5.74) is 1.21. The van der Waals surface area contributed by atoms with E-state index >= 15 is 0 Å². The Labute approximate surface area is 108 Å². The van der Waals surface area contributed by atoms with Gasteiger partial charge in [-0.05, 0) is 25.1 Å². The van der Waals surface area contributed by atoms with Crippen molar-refractivity contribution in [1.82, 2.24) is 15.1 Å². The fourth-order valence-corrected chi connectivity index (χ4v) is 1.77. The largest absolute Gasteiger partial charge is 0.492 e. The molecule has 0 aliphatic rings. The summed E-state index contributed by atoms with van der Waals surface area (Å²) in [6, 6.07) is 11.9. The third-order valence-electron chi connectivity index (χ3n) is 2.70. The van der Waals surface area contributed by atoms with Crippen molar-refractivity contribution < 1.29 is 4.74 Å². The lowest BCUT2D eigenvalue weighted by atomic mass is 10.3. The number of nitrogens with zero attached hydrogens (tertiary/aromatic N) is 2. The van der Waals surface area contributed by atoms with Gasteiger partial charge in [-0.25, -0.2) is 0 Å². The SMILES string of the molecule is CCn1nccc1CNCCOc1ccccc1. The van der Waals surface area contributed by atoms with Gasteiger partial charge in [0, 0.05) is 25.8 Å². The van der Waals surface area contributed by atoms with E-state index in [1.165, 1.54) is 5.69 Å². The average molecular weight is 245 g/mol. The minimum atomic E-state index is 0.671. The maximum atomic E-state index is 5.60. The van der Waals surface area contributed by atoms with Crippen LogP contribution in [-0.2, 0) is 13.1 Å². The molecule has 0 unspecified atom stereocenters. The van der Waals surface area contributed by atoms with Crippen LogP contribution in [0.2, 0.25) is 0 Å². The third kappa shape index (κ3) is 3.60. The Morgan fingerprint density at radius 1 is 1.22 bits per heavy atom. The highest BCUT2D eigenvalue weighted by Crippen LogP contribution is 2.07. The van der Waals surface area contributed by atoms with E-state index < -0.39 is 0 Å². The predicted octanol–water partition coefficient (Wildman–Crippen LogP) is 2.07. The molecule has 1 N–H and O–H groups in total. The van der Waals surface area contributed by atoms with Crippen molar-refractivity contribution >= 4 is 0 Å². The molecule has 1 aromatic carbocycles. The van der Waals surface area contributed by atoms with Gasteiger partial charge in [0.1, 0.15) is 12.4 Å². The van der Waals surface area contributed by atoms with Gasteiger partial charge in [0.2, 0.25) is 0 Å². The molecule has 0 aliphatic heterocycles. The molecule has 0 saturated carbocycles. The van der Waals surface area contributed by atoms with Crippen LogP contribution in [0.5, 0.6) is 5.75 Å². The molecule has 1 aromatic heterocycles. The molecule has 0 radical (unpaired) electrons. The molecule has 18 heavy (non-hydrogen) atoms. The van der Waals surface area contributed by atoms with E-state index in [0.717, 1.165) is 25.4 Å². The topological polar surface area (TPSA) is 39.1 Å². The van der Waals surface area contributed by atoms with Crippen molar-refractivity contribution in [3.05, 3.63) is 48.3 Å². The molecule has 0 spiro atoms. The van der Waals surface area contributed by atoms with Gasteiger partial charge in [0.05, 0.1) is 5.69 Å². The number of aromatic nitrogens is 2. The maximum Gasteiger partial charge on any atom is 0.119 e. The highest BCUT2D eigenvalue weighted by atomic mass is 16.5. The molecule has 0 atom stereocenters. The molecule has 2 rings (SSSR count). The zero-order valence-corrected chi connectivity index (χ0v) is 10.7. The molecule has 0 aliphatic carbocycles. The minimum absolute atomic E-state index is 0.671. The second-order valence-electron chi connectivity index (χ2n) is 3.98. The van der Waals surface area contributed by atoms with Crippen molar-refractivity contribution in [2.24, 2.45) is 0 Å². The van der Waals surface area contributed by atoms with Gasteiger partial charge < -0.3 is 10.1 Å².